The Morgan fingerprint density at radius 3 is 2.39 bits per heavy atom. The van der Waals surface area contributed by atoms with E-state index in [-0.39, 0.29) is 39.7 Å². The molecule has 6 nitrogen and oxygen atoms in total. The summed E-state index contributed by atoms with van der Waals surface area (Å²) in [5.41, 5.74) is -1.20. The largest absolute Gasteiger partial charge is 0.507 e. The van der Waals surface area contributed by atoms with E-state index in [1.165, 1.54) is 6.92 Å². The van der Waals surface area contributed by atoms with Crippen LogP contribution in [0.15, 0.2) is 22.5 Å². The van der Waals surface area contributed by atoms with Gasteiger partial charge in [-0.25, -0.2) is 0 Å². The zero-order chi connectivity index (χ0) is 21.0. The van der Waals surface area contributed by atoms with Crippen molar-refractivity contribution in [1.82, 2.24) is 0 Å². The lowest BCUT2D eigenvalue weighted by molar-refractivity contribution is -0.150. The molecular formula is C22H28O6. The van der Waals surface area contributed by atoms with Crippen LogP contribution in [0.2, 0.25) is 0 Å². The Bertz CT molecular complexity index is 828. The van der Waals surface area contributed by atoms with Crippen molar-refractivity contribution in [2.45, 2.75) is 66.4 Å². The maximum atomic E-state index is 13.2. The molecule has 28 heavy (non-hydrogen) atoms. The van der Waals surface area contributed by atoms with Crippen molar-refractivity contribution in [1.29, 1.82) is 0 Å². The number of fused-ring (bicyclic) bond motifs is 2. The molecule has 0 radical (unpaired) electrons. The summed E-state index contributed by atoms with van der Waals surface area (Å²) < 4.78 is 5.50. The fraction of sp³-hybridized carbons (Fsp3) is 0.636. The second kappa shape index (κ2) is 6.68. The van der Waals surface area contributed by atoms with E-state index in [4.69, 9.17) is 4.74 Å². The van der Waals surface area contributed by atoms with Gasteiger partial charge in [0, 0.05) is 23.6 Å². The monoisotopic (exact) mass is 388 g/mol. The third-order valence-corrected chi connectivity index (χ3v) is 6.77. The molecule has 6 heteroatoms. The van der Waals surface area contributed by atoms with Crippen molar-refractivity contribution < 1.29 is 29.0 Å². The number of rotatable bonds is 3. The minimum atomic E-state index is -1.14. The van der Waals surface area contributed by atoms with E-state index in [2.05, 4.69) is 0 Å². The number of aliphatic hydroxyl groups is 1. The fourth-order valence-corrected chi connectivity index (χ4v) is 5.59. The zero-order valence-electron chi connectivity index (χ0n) is 17.1. The molecule has 0 bridgehead atoms. The molecule has 0 heterocycles. The van der Waals surface area contributed by atoms with E-state index in [0.29, 0.717) is 12.8 Å². The van der Waals surface area contributed by atoms with Gasteiger partial charge < -0.3 is 14.6 Å². The molecule has 0 amide bonds. The molecule has 0 spiro atoms. The molecule has 0 aromatic rings. The number of aldehydes is 1. The van der Waals surface area contributed by atoms with Crippen molar-refractivity contribution in [2.24, 2.45) is 22.7 Å². The molecule has 0 aliphatic heterocycles. The predicted molar refractivity (Wildman–Crippen MR) is 101 cm³/mol. The number of ether oxygens (including phenoxy) is 1. The fourth-order valence-electron chi connectivity index (χ4n) is 5.59. The number of aliphatic hydroxyl groups excluding tert-OH is 1. The van der Waals surface area contributed by atoms with E-state index >= 15 is 0 Å². The van der Waals surface area contributed by atoms with Crippen LogP contribution in [0.1, 0.15) is 60.3 Å². The van der Waals surface area contributed by atoms with Gasteiger partial charge >= 0.3 is 5.97 Å². The Morgan fingerprint density at radius 1 is 1.21 bits per heavy atom. The van der Waals surface area contributed by atoms with Crippen molar-refractivity contribution in [2.75, 3.05) is 0 Å². The number of hydrogen-bond donors (Lipinski definition) is 1. The Labute approximate surface area is 165 Å². The van der Waals surface area contributed by atoms with Gasteiger partial charge in [-0.15, -0.1) is 0 Å². The van der Waals surface area contributed by atoms with E-state index in [0.717, 1.165) is 19.1 Å². The first-order valence-electron chi connectivity index (χ1n) is 9.88. The second-order valence-electron chi connectivity index (χ2n) is 9.25. The molecule has 1 fully saturated rings. The normalized spacial score (nSPS) is 32.2. The van der Waals surface area contributed by atoms with Gasteiger partial charge in [0.25, 0.3) is 0 Å². The van der Waals surface area contributed by atoms with Crippen LogP contribution in [0.25, 0.3) is 0 Å². The first kappa shape index (κ1) is 20.5. The summed E-state index contributed by atoms with van der Waals surface area (Å²) in [6.45, 7) is 8.78. The van der Waals surface area contributed by atoms with Gasteiger partial charge in [-0.3, -0.25) is 14.4 Å². The zero-order valence-corrected chi connectivity index (χ0v) is 17.1. The quantitative estimate of drug-likeness (QED) is 0.345. The number of allylic oxidation sites excluding steroid dienone is 2. The van der Waals surface area contributed by atoms with Gasteiger partial charge in [-0.2, -0.15) is 0 Å². The van der Waals surface area contributed by atoms with Gasteiger partial charge in [0.05, 0.1) is 5.41 Å². The summed E-state index contributed by atoms with van der Waals surface area (Å²) in [5, 5.41) is 11.0. The molecule has 0 aromatic heterocycles. The highest BCUT2D eigenvalue weighted by Crippen LogP contribution is 2.61. The standard InChI is InChI=1S/C22H28O6/c1-11(2)15-18(25)16-13(28-12(3)24)9-14-21(4,5)7-6-8-22(14,10-23)17(16)20(27)19(15)26/h10-11,13-14,25H,6-9H2,1-5H3/t13-,14+,22+/m1/s1. The van der Waals surface area contributed by atoms with Crippen LogP contribution in [0.5, 0.6) is 0 Å². The molecule has 1 N–H and O–H groups in total. The number of carbonyl (C=O) groups is 4. The summed E-state index contributed by atoms with van der Waals surface area (Å²) in [7, 11) is 0. The SMILES string of the molecule is CC(=O)O[C@@H]1C[C@H]2C(C)(C)CCC[C@@]2(C=O)C2=C1C(O)=C(C(C)C)C(=O)C2=O. The van der Waals surface area contributed by atoms with Gasteiger partial charge in [-0.05, 0) is 36.5 Å². The third kappa shape index (κ3) is 2.76. The lowest BCUT2D eigenvalue weighted by Gasteiger charge is -2.55. The van der Waals surface area contributed by atoms with Crippen LogP contribution >= 0.6 is 0 Å². The Morgan fingerprint density at radius 2 is 1.86 bits per heavy atom. The van der Waals surface area contributed by atoms with Crippen molar-refractivity contribution in [3.63, 3.8) is 0 Å². The molecule has 0 saturated heterocycles. The summed E-state index contributed by atoms with van der Waals surface area (Å²) in [5.74, 6) is -2.99. The van der Waals surface area contributed by atoms with E-state index in [1.807, 2.05) is 13.8 Å². The summed E-state index contributed by atoms with van der Waals surface area (Å²) in [6.07, 6.45) is 2.32. The second-order valence-corrected chi connectivity index (χ2v) is 9.25. The molecule has 0 aromatic carbocycles. The van der Waals surface area contributed by atoms with E-state index in [1.54, 1.807) is 13.8 Å². The highest BCUT2D eigenvalue weighted by Gasteiger charge is 2.60. The van der Waals surface area contributed by atoms with Crippen LogP contribution in [0.4, 0.5) is 0 Å². The van der Waals surface area contributed by atoms with Crippen LogP contribution in [0.3, 0.4) is 0 Å². The smallest absolute Gasteiger partial charge is 0.303 e. The number of Topliss-reactive ketones (excluding diaryl/α,β-unsaturated/α-hetero) is 2. The van der Waals surface area contributed by atoms with E-state index < -0.39 is 29.1 Å². The highest BCUT2D eigenvalue weighted by atomic mass is 16.5. The molecular weight excluding hydrogens is 360 g/mol. The Kier molecular flexibility index (Phi) is 4.89. The van der Waals surface area contributed by atoms with Crippen molar-refractivity contribution >= 4 is 23.8 Å². The lowest BCUT2D eigenvalue weighted by atomic mass is 9.48. The topological polar surface area (TPSA) is 97.7 Å². The van der Waals surface area contributed by atoms with Crippen LogP contribution in [0, 0.1) is 22.7 Å². The molecule has 152 valence electrons. The minimum absolute atomic E-state index is 0.0236. The van der Waals surface area contributed by atoms with E-state index in [9.17, 15) is 24.3 Å². The number of carbonyl (C=O) groups excluding carboxylic acids is 4. The first-order valence-corrected chi connectivity index (χ1v) is 9.88. The third-order valence-electron chi connectivity index (χ3n) is 6.77. The molecule has 0 unspecified atom stereocenters. The number of esters is 1. The maximum absolute atomic E-state index is 13.2. The Balaban J connectivity index is 2.36. The molecule has 1 saturated carbocycles. The lowest BCUT2D eigenvalue weighted by Crippen LogP contribution is -2.55. The van der Waals surface area contributed by atoms with Crippen molar-refractivity contribution in [3.05, 3.63) is 22.5 Å². The molecule has 3 aliphatic rings. The van der Waals surface area contributed by atoms with Crippen LogP contribution in [-0.2, 0) is 23.9 Å². The van der Waals surface area contributed by atoms with Gasteiger partial charge in [0.2, 0.25) is 11.6 Å². The molecule has 3 atom stereocenters. The average Bonchev–Trinajstić information content (AvgIpc) is 2.58. The molecule has 3 rings (SSSR count). The number of hydrogen-bond acceptors (Lipinski definition) is 6. The van der Waals surface area contributed by atoms with Crippen LogP contribution < -0.4 is 0 Å². The highest BCUT2D eigenvalue weighted by molar-refractivity contribution is 6.51. The summed E-state index contributed by atoms with van der Waals surface area (Å²) in [4.78, 5) is 50.3. The summed E-state index contributed by atoms with van der Waals surface area (Å²) >= 11 is 0. The van der Waals surface area contributed by atoms with Gasteiger partial charge in [0.1, 0.15) is 18.1 Å². The maximum Gasteiger partial charge on any atom is 0.303 e. The first-order chi connectivity index (χ1) is 13.0. The Hall–Kier alpha value is -2.24. The van der Waals surface area contributed by atoms with Gasteiger partial charge in [-0.1, -0.05) is 34.1 Å². The minimum Gasteiger partial charge on any atom is -0.507 e. The predicted octanol–water partition coefficient (Wildman–Crippen LogP) is 3.25. The molecule has 3 aliphatic carbocycles. The van der Waals surface area contributed by atoms with Gasteiger partial charge in [0.15, 0.2) is 0 Å². The number of ketones is 2. The van der Waals surface area contributed by atoms with Crippen LogP contribution in [-0.4, -0.2) is 35.0 Å². The van der Waals surface area contributed by atoms with Crippen molar-refractivity contribution in [3.8, 4) is 0 Å². The average molecular weight is 388 g/mol. The summed E-state index contributed by atoms with van der Waals surface area (Å²) in [6, 6.07) is 0.